The fourth-order valence-corrected chi connectivity index (χ4v) is 6.25. The number of aromatic nitrogens is 2. The van der Waals surface area contributed by atoms with Crippen molar-refractivity contribution in [3.8, 4) is 0 Å². The lowest BCUT2D eigenvalue weighted by atomic mass is 9.84. The molecule has 6 heteroatoms. The molecule has 5 nitrogen and oxygen atoms in total. The van der Waals surface area contributed by atoms with E-state index in [2.05, 4.69) is 46.7 Å². The number of carbonyl (C=O) groups excluding carboxylic acids is 1. The van der Waals surface area contributed by atoms with Gasteiger partial charge < -0.3 is 15.0 Å². The highest BCUT2D eigenvalue weighted by Crippen LogP contribution is 2.53. The zero-order chi connectivity index (χ0) is 22.8. The first-order valence-corrected chi connectivity index (χ1v) is 11.8. The maximum Gasteiger partial charge on any atom is 0.230 e. The van der Waals surface area contributed by atoms with Gasteiger partial charge in [-0.25, -0.2) is 4.98 Å². The Morgan fingerprint density at radius 1 is 0.909 bits per heavy atom. The molecule has 3 aromatic carbocycles. The number of aliphatic hydroxyl groups excluding tert-OH is 1. The predicted molar refractivity (Wildman–Crippen MR) is 130 cm³/mol. The molecule has 3 atom stereocenters. The standard InChI is InChI=1S/C27H25N3O2S/c1-30-17-22(28-18-30)24(31)23-25(32)29-26(23)33-27(19-11-5-2-6-12-19,20-13-7-3-8-14-20)21-15-9-4-10-16-21/h2-18,23-24,26,31H,1H3,(H,29,32). The minimum absolute atomic E-state index is 0.159. The molecule has 1 amide bonds. The Morgan fingerprint density at radius 2 is 1.39 bits per heavy atom. The minimum Gasteiger partial charge on any atom is -0.386 e. The summed E-state index contributed by atoms with van der Waals surface area (Å²) in [5.41, 5.74) is 3.84. The van der Waals surface area contributed by atoms with Crippen molar-refractivity contribution in [2.45, 2.75) is 16.2 Å². The summed E-state index contributed by atoms with van der Waals surface area (Å²) in [5.74, 6) is -0.755. The Balaban J connectivity index is 1.61. The van der Waals surface area contributed by atoms with Gasteiger partial charge in [0.05, 0.1) is 28.1 Å². The zero-order valence-electron chi connectivity index (χ0n) is 18.2. The summed E-state index contributed by atoms with van der Waals surface area (Å²) < 4.78 is 1.20. The number of nitrogens with zero attached hydrogens (tertiary/aromatic N) is 2. The average molecular weight is 456 g/mol. The Hall–Kier alpha value is -3.35. The second kappa shape index (κ2) is 8.89. The number of amides is 1. The van der Waals surface area contributed by atoms with E-state index in [4.69, 9.17) is 0 Å². The highest BCUT2D eigenvalue weighted by molar-refractivity contribution is 8.01. The molecule has 0 spiro atoms. The summed E-state index contributed by atoms with van der Waals surface area (Å²) in [4.78, 5) is 16.9. The molecular formula is C27H25N3O2S. The van der Waals surface area contributed by atoms with Crippen molar-refractivity contribution in [1.29, 1.82) is 0 Å². The van der Waals surface area contributed by atoms with E-state index in [-0.39, 0.29) is 11.3 Å². The van der Waals surface area contributed by atoms with Crippen molar-refractivity contribution in [3.63, 3.8) is 0 Å². The van der Waals surface area contributed by atoms with Crippen molar-refractivity contribution in [2.24, 2.45) is 13.0 Å². The van der Waals surface area contributed by atoms with Crippen LogP contribution in [-0.4, -0.2) is 25.9 Å². The van der Waals surface area contributed by atoms with Crippen LogP contribution in [0.5, 0.6) is 0 Å². The second-order valence-electron chi connectivity index (χ2n) is 8.26. The summed E-state index contributed by atoms with van der Waals surface area (Å²) in [6, 6.07) is 31.0. The number of hydrogen-bond donors (Lipinski definition) is 2. The van der Waals surface area contributed by atoms with Gasteiger partial charge in [0.25, 0.3) is 0 Å². The lowest BCUT2D eigenvalue weighted by Crippen LogP contribution is -2.59. The summed E-state index contributed by atoms with van der Waals surface area (Å²) in [5, 5.41) is 13.8. The Kier molecular flexibility index (Phi) is 5.79. The molecule has 166 valence electrons. The van der Waals surface area contributed by atoms with Crippen LogP contribution in [-0.2, 0) is 16.6 Å². The van der Waals surface area contributed by atoms with Gasteiger partial charge in [-0.1, -0.05) is 91.0 Å². The largest absolute Gasteiger partial charge is 0.386 e. The van der Waals surface area contributed by atoms with Gasteiger partial charge in [0.2, 0.25) is 5.91 Å². The van der Waals surface area contributed by atoms with Crippen LogP contribution in [0.3, 0.4) is 0 Å². The number of benzene rings is 3. The van der Waals surface area contributed by atoms with Crippen LogP contribution in [0.25, 0.3) is 0 Å². The molecular weight excluding hydrogens is 430 g/mol. The number of aryl methyl sites for hydroxylation is 1. The molecule has 33 heavy (non-hydrogen) atoms. The van der Waals surface area contributed by atoms with Crippen molar-refractivity contribution in [3.05, 3.63) is 126 Å². The molecule has 1 aliphatic heterocycles. The van der Waals surface area contributed by atoms with Gasteiger partial charge in [-0.3, -0.25) is 4.79 Å². The first kappa shape index (κ1) is 21.5. The third kappa shape index (κ3) is 3.86. The van der Waals surface area contributed by atoms with Crippen LogP contribution >= 0.6 is 11.8 Å². The van der Waals surface area contributed by atoms with Gasteiger partial charge in [-0.2, -0.15) is 0 Å². The molecule has 0 saturated carbocycles. The normalized spacial score (nSPS) is 18.9. The molecule has 2 N–H and O–H groups in total. The SMILES string of the molecule is Cn1cnc(C(O)C2C(=O)NC2SC(c2ccccc2)(c2ccccc2)c2ccccc2)c1. The van der Waals surface area contributed by atoms with E-state index in [9.17, 15) is 9.90 Å². The van der Waals surface area contributed by atoms with E-state index < -0.39 is 16.8 Å². The van der Waals surface area contributed by atoms with Gasteiger partial charge in [0.15, 0.2) is 0 Å². The Bertz CT molecular complexity index is 1130. The number of rotatable bonds is 7. The fourth-order valence-electron chi connectivity index (χ4n) is 4.46. The summed E-state index contributed by atoms with van der Waals surface area (Å²) >= 11 is 1.65. The van der Waals surface area contributed by atoms with Crippen LogP contribution in [0.1, 0.15) is 28.5 Å². The lowest BCUT2D eigenvalue weighted by Gasteiger charge is -2.45. The van der Waals surface area contributed by atoms with E-state index >= 15 is 0 Å². The Labute approximate surface area is 197 Å². The lowest BCUT2D eigenvalue weighted by molar-refractivity contribution is -0.138. The molecule has 2 heterocycles. The van der Waals surface area contributed by atoms with Gasteiger partial charge >= 0.3 is 0 Å². The molecule has 3 unspecified atom stereocenters. The third-order valence-electron chi connectivity index (χ3n) is 6.13. The molecule has 1 saturated heterocycles. The van der Waals surface area contributed by atoms with E-state index in [0.29, 0.717) is 5.69 Å². The van der Waals surface area contributed by atoms with Crippen LogP contribution in [0.4, 0.5) is 0 Å². The van der Waals surface area contributed by atoms with Crippen molar-refractivity contribution in [1.82, 2.24) is 14.9 Å². The van der Waals surface area contributed by atoms with E-state index in [1.807, 2.05) is 61.6 Å². The van der Waals surface area contributed by atoms with Crippen LogP contribution in [0.15, 0.2) is 104 Å². The fraction of sp³-hybridized carbons (Fsp3) is 0.185. The summed E-state index contributed by atoms with van der Waals surface area (Å²) in [6.45, 7) is 0. The zero-order valence-corrected chi connectivity index (χ0v) is 19.0. The second-order valence-corrected chi connectivity index (χ2v) is 9.62. The summed E-state index contributed by atoms with van der Waals surface area (Å²) in [6.07, 6.45) is 2.42. The molecule has 1 aliphatic rings. The highest BCUT2D eigenvalue weighted by atomic mass is 32.2. The molecule has 0 radical (unpaired) electrons. The smallest absolute Gasteiger partial charge is 0.230 e. The van der Waals surface area contributed by atoms with Gasteiger partial charge in [0.1, 0.15) is 6.10 Å². The minimum atomic E-state index is -0.975. The topological polar surface area (TPSA) is 67.1 Å². The maximum atomic E-state index is 12.6. The first-order chi connectivity index (χ1) is 16.1. The molecule has 4 aromatic rings. The van der Waals surface area contributed by atoms with Gasteiger partial charge in [-0.05, 0) is 16.7 Å². The number of thioether (sulfide) groups is 1. The third-order valence-corrected chi connectivity index (χ3v) is 7.85. The average Bonchev–Trinajstić information content (AvgIpc) is 3.30. The van der Waals surface area contributed by atoms with E-state index in [0.717, 1.165) is 16.7 Å². The maximum absolute atomic E-state index is 12.6. The first-order valence-electron chi connectivity index (χ1n) is 10.9. The van der Waals surface area contributed by atoms with E-state index in [1.54, 1.807) is 28.9 Å². The van der Waals surface area contributed by atoms with Crippen molar-refractivity contribution < 1.29 is 9.90 Å². The monoisotopic (exact) mass is 455 g/mol. The number of carbonyl (C=O) groups is 1. The van der Waals surface area contributed by atoms with Crippen molar-refractivity contribution in [2.75, 3.05) is 0 Å². The van der Waals surface area contributed by atoms with Gasteiger partial charge in [0, 0.05) is 13.2 Å². The molecule has 0 bridgehead atoms. The number of nitrogens with one attached hydrogen (secondary N) is 1. The number of β-lactam (4-membered cyclic amide) rings is 1. The summed E-state index contributed by atoms with van der Waals surface area (Å²) in [7, 11) is 1.85. The Morgan fingerprint density at radius 3 is 1.79 bits per heavy atom. The molecule has 1 aromatic heterocycles. The quantitative estimate of drug-likeness (QED) is 0.323. The highest BCUT2D eigenvalue weighted by Gasteiger charge is 2.51. The van der Waals surface area contributed by atoms with Crippen molar-refractivity contribution >= 4 is 17.7 Å². The number of hydrogen-bond acceptors (Lipinski definition) is 4. The van der Waals surface area contributed by atoms with Gasteiger partial charge in [-0.15, -0.1) is 11.8 Å². The van der Waals surface area contributed by atoms with Crippen LogP contribution in [0.2, 0.25) is 0 Å². The van der Waals surface area contributed by atoms with Crippen LogP contribution < -0.4 is 5.32 Å². The number of imidazole rings is 1. The molecule has 1 fully saturated rings. The van der Waals surface area contributed by atoms with E-state index in [1.165, 1.54) is 0 Å². The molecule has 5 rings (SSSR count). The predicted octanol–water partition coefficient (Wildman–Crippen LogP) is 4.25. The molecule has 0 aliphatic carbocycles. The number of aliphatic hydroxyl groups is 1. The van der Waals surface area contributed by atoms with Crippen LogP contribution in [0, 0.1) is 5.92 Å².